The molecule has 0 bridgehead atoms. The number of carbonyl (C=O) groups is 1. The molecule has 164 valence electrons. The molecule has 0 aliphatic rings. The summed E-state index contributed by atoms with van der Waals surface area (Å²) in [5.41, 5.74) is 0.272. The fourth-order valence-corrected chi connectivity index (χ4v) is 4.18. The Kier molecular flexibility index (Phi) is 6.26. The quantitative estimate of drug-likeness (QED) is 0.519. The van der Waals surface area contributed by atoms with Crippen LogP contribution >= 0.6 is 0 Å². The molecule has 2 N–H and O–H groups in total. The predicted octanol–water partition coefficient (Wildman–Crippen LogP) is 4.78. The highest BCUT2D eigenvalue weighted by Crippen LogP contribution is 2.33. The Balaban J connectivity index is 2.03. The number of Topliss-reactive ketones (excluding diaryl/α,β-unsaturated/α-hetero) is 1. The second-order valence-corrected chi connectivity index (χ2v) is 9.21. The Morgan fingerprint density at radius 3 is 2.48 bits per heavy atom. The smallest absolute Gasteiger partial charge is 0.270 e. The van der Waals surface area contributed by atoms with E-state index in [0.717, 1.165) is 30.5 Å². The molecular formula is C22H23F2N3O3S. The van der Waals surface area contributed by atoms with E-state index in [1.165, 1.54) is 0 Å². The molecule has 6 nitrogen and oxygen atoms in total. The predicted molar refractivity (Wildman–Crippen MR) is 117 cm³/mol. The summed E-state index contributed by atoms with van der Waals surface area (Å²) in [7, 11) is -4.17. The lowest BCUT2D eigenvalue weighted by Gasteiger charge is -2.18. The molecule has 0 amide bonds. The zero-order valence-electron chi connectivity index (χ0n) is 17.3. The fourth-order valence-electron chi connectivity index (χ4n) is 2.95. The number of rotatable bonds is 8. The van der Waals surface area contributed by atoms with Crippen molar-refractivity contribution in [2.75, 3.05) is 16.6 Å². The zero-order chi connectivity index (χ0) is 22.8. The van der Waals surface area contributed by atoms with Crippen molar-refractivity contribution in [2.45, 2.75) is 31.6 Å². The number of hydrogen-bond acceptors (Lipinski definition) is 5. The molecule has 0 unspecified atom stereocenters. The molecule has 0 atom stereocenters. The molecule has 0 fully saturated rings. The lowest BCUT2D eigenvalue weighted by Crippen LogP contribution is -2.22. The minimum Gasteiger partial charge on any atom is -0.377 e. The van der Waals surface area contributed by atoms with Crippen LogP contribution in [0.5, 0.6) is 0 Å². The first kappa shape index (κ1) is 22.6. The fraction of sp³-hybridized carbons (Fsp3) is 0.273. The number of aromatic nitrogens is 1. The largest absolute Gasteiger partial charge is 0.377 e. The maximum absolute atomic E-state index is 13.8. The highest BCUT2D eigenvalue weighted by molar-refractivity contribution is 7.93. The van der Waals surface area contributed by atoms with Crippen LogP contribution in [0, 0.1) is 5.92 Å². The molecule has 3 rings (SSSR count). The van der Waals surface area contributed by atoms with E-state index < -0.39 is 15.9 Å². The number of ketones is 1. The first-order valence-electron chi connectivity index (χ1n) is 9.64. The van der Waals surface area contributed by atoms with Crippen LogP contribution in [0.15, 0.2) is 59.6 Å². The summed E-state index contributed by atoms with van der Waals surface area (Å²) in [6.07, 6.45) is 1.54. The van der Waals surface area contributed by atoms with Crippen molar-refractivity contribution >= 4 is 38.1 Å². The molecular weight excluding hydrogens is 424 g/mol. The van der Waals surface area contributed by atoms with Crippen LogP contribution < -0.4 is 10.0 Å². The first-order chi connectivity index (χ1) is 14.5. The Morgan fingerprint density at radius 2 is 1.81 bits per heavy atom. The van der Waals surface area contributed by atoms with Gasteiger partial charge in [-0.2, -0.15) is 0 Å². The van der Waals surface area contributed by atoms with Crippen LogP contribution in [0.3, 0.4) is 0 Å². The standard InChI is InChI=1S/C22H23F2N3O3S/c1-14(2)19(28)13-26-18-12-16(22(3,23)24)9-10-20(18)31(29,30)27-17-8-4-6-15-7-5-11-25-21(15)17/h4-12,14,26-27H,13H2,1-3H3. The van der Waals surface area contributed by atoms with E-state index in [9.17, 15) is 22.0 Å². The molecule has 0 saturated heterocycles. The van der Waals surface area contributed by atoms with Crippen LogP contribution in [0.25, 0.3) is 10.9 Å². The normalized spacial score (nSPS) is 12.2. The highest BCUT2D eigenvalue weighted by Gasteiger charge is 2.28. The minimum absolute atomic E-state index is 0.0753. The van der Waals surface area contributed by atoms with Crippen molar-refractivity contribution in [3.63, 3.8) is 0 Å². The third-order valence-electron chi connectivity index (χ3n) is 4.75. The molecule has 2 aromatic carbocycles. The number of hydrogen-bond donors (Lipinski definition) is 2. The number of halogens is 2. The van der Waals surface area contributed by atoms with E-state index in [1.54, 1.807) is 50.4 Å². The lowest BCUT2D eigenvalue weighted by atomic mass is 10.1. The van der Waals surface area contributed by atoms with E-state index in [4.69, 9.17) is 0 Å². The van der Waals surface area contributed by atoms with Gasteiger partial charge >= 0.3 is 0 Å². The second kappa shape index (κ2) is 8.58. The van der Waals surface area contributed by atoms with E-state index in [0.29, 0.717) is 5.52 Å². The minimum atomic E-state index is -4.17. The Bertz CT molecular complexity index is 1220. The number of sulfonamides is 1. The van der Waals surface area contributed by atoms with Crippen LogP contribution in [0.1, 0.15) is 26.3 Å². The first-order valence-corrected chi connectivity index (χ1v) is 11.1. The average Bonchev–Trinajstić information content (AvgIpc) is 2.71. The molecule has 0 saturated carbocycles. The molecule has 9 heteroatoms. The van der Waals surface area contributed by atoms with Crippen LogP contribution in [0.2, 0.25) is 0 Å². The number of carbonyl (C=O) groups excluding carboxylic acids is 1. The number of pyridine rings is 1. The molecule has 1 heterocycles. The van der Waals surface area contributed by atoms with E-state index in [2.05, 4.69) is 15.0 Å². The molecule has 31 heavy (non-hydrogen) atoms. The number of nitrogens with zero attached hydrogens (tertiary/aromatic N) is 1. The molecule has 0 spiro atoms. The van der Waals surface area contributed by atoms with Crippen LogP contribution in [0.4, 0.5) is 20.2 Å². The average molecular weight is 448 g/mol. The van der Waals surface area contributed by atoms with E-state index >= 15 is 0 Å². The maximum Gasteiger partial charge on any atom is 0.270 e. The molecule has 3 aromatic rings. The van der Waals surface area contributed by atoms with Crippen molar-refractivity contribution in [1.82, 2.24) is 4.98 Å². The zero-order valence-corrected chi connectivity index (χ0v) is 18.1. The number of anilines is 2. The monoisotopic (exact) mass is 447 g/mol. The van der Waals surface area contributed by atoms with Crippen LogP contribution in [-0.2, 0) is 20.7 Å². The molecule has 1 aromatic heterocycles. The summed E-state index contributed by atoms with van der Waals surface area (Å²) in [5, 5.41) is 3.46. The van der Waals surface area contributed by atoms with Crippen molar-refractivity contribution in [3.8, 4) is 0 Å². The number of para-hydroxylation sites is 1. The van der Waals surface area contributed by atoms with Gasteiger partial charge in [-0.1, -0.05) is 38.1 Å². The number of fused-ring (bicyclic) bond motifs is 1. The van der Waals surface area contributed by atoms with Gasteiger partial charge in [0.2, 0.25) is 0 Å². The lowest BCUT2D eigenvalue weighted by molar-refractivity contribution is -0.120. The van der Waals surface area contributed by atoms with Crippen molar-refractivity contribution < 1.29 is 22.0 Å². The van der Waals surface area contributed by atoms with Crippen molar-refractivity contribution in [3.05, 3.63) is 60.3 Å². The number of benzene rings is 2. The van der Waals surface area contributed by atoms with E-state index in [-0.39, 0.29) is 40.1 Å². The van der Waals surface area contributed by atoms with Gasteiger partial charge in [-0.25, -0.2) is 17.2 Å². The highest BCUT2D eigenvalue weighted by atomic mass is 32.2. The number of alkyl halides is 2. The number of nitrogens with one attached hydrogen (secondary N) is 2. The van der Waals surface area contributed by atoms with Gasteiger partial charge in [0.05, 0.1) is 23.4 Å². The van der Waals surface area contributed by atoms with Gasteiger partial charge in [0, 0.05) is 30.0 Å². The van der Waals surface area contributed by atoms with Crippen molar-refractivity contribution in [2.24, 2.45) is 5.92 Å². The summed E-state index contributed by atoms with van der Waals surface area (Å²) < 4.78 is 56.5. The Labute approximate surface area is 179 Å². The van der Waals surface area contributed by atoms with Gasteiger partial charge in [0.25, 0.3) is 15.9 Å². The van der Waals surface area contributed by atoms with Gasteiger partial charge < -0.3 is 5.32 Å². The van der Waals surface area contributed by atoms with Gasteiger partial charge in [-0.15, -0.1) is 0 Å². The second-order valence-electron chi connectivity index (χ2n) is 7.56. The third-order valence-corrected chi connectivity index (χ3v) is 6.17. The summed E-state index contributed by atoms with van der Waals surface area (Å²) in [4.78, 5) is 16.0. The van der Waals surface area contributed by atoms with Crippen molar-refractivity contribution in [1.29, 1.82) is 0 Å². The van der Waals surface area contributed by atoms with Gasteiger partial charge in [0.15, 0.2) is 5.78 Å². The van der Waals surface area contributed by atoms with Gasteiger partial charge in [-0.3, -0.25) is 14.5 Å². The van der Waals surface area contributed by atoms with Gasteiger partial charge in [0.1, 0.15) is 4.90 Å². The van der Waals surface area contributed by atoms with Gasteiger partial charge in [-0.05, 0) is 24.3 Å². The van der Waals surface area contributed by atoms with E-state index in [1.807, 2.05) is 0 Å². The molecule has 0 radical (unpaired) electrons. The Hall–Kier alpha value is -3.07. The SMILES string of the molecule is CC(C)C(=O)CNc1cc(C(C)(F)F)ccc1S(=O)(=O)Nc1cccc2cccnc12. The summed E-state index contributed by atoms with van der Waals surface area (Å²) >= 11 is 0. The third kappa shape index (κ3) is 5.16. The summed E-state index contributed by atoms with van der Waals surface area (Å²) in [5.74, 6) is -3.64. The molecule has 0 aliphatic heterocycles. The summed E-state index contributed by atoms with van der Waals surface area (Å²) in [6.45, 7) is 3.94. The van der Waals surface area contributed by atoms with Crippen LogP contribution in [-0.4, -0.2) is 25.7 Å². The summed E-state index contributed by atoms with van der Waals surface area (Å²) in [6, 6.07) is 11.8. The topological polar surface area (TPSA) is 88.2 Å². The molecule has 0 aliphatic carbocycles. The maximum atomic E-state index is 13.8. The Morgan fingerprint density at radius 1 is 1.10 bits per heavy atom.